The maximum Gasteiger partial charge on any atom is 0.0626 e. The van der Waals surface area contributed by atoms with Gasteiger partial charge in [0.25, 0.3) is 0 Å². The van der Waals surface area contributed by atoms with Crippen LogP contribution in [-0.4, -0.2) is 18.8 Å². The van der Waals surface area contributed by atoms with E-state index in [9.17, 15) is 5.11 Å². The summed E-state index contributed by atoms with van der Waals surface area (Å²) in [4.78, 5) is 0. The van der Waals surface area contributed by atoms with Crippen LogP contribution in [0.1, 0.15) is 24.1 Å². The minimum Gasteiger partial charge on any atom is -0.394 e. The lowest BCUT2D eigenvalue weighted by atomic mass is 10.0. The molecule has 0 radical (unpaired) electrons. The molecule has 1 rings (SSSR count). The summed E-state index contributed by atoms with van der Waals surface area (Å²) >= 11 is 0. The zero-order chi connectivity index (χ0) is 13.4. The maximum absolute atomic E-state index is 9.22. The average Bonchev–Trinajstić information content (AvgIpc) is 2.42. The number of hydrogen-bond acceptors (Lipinski definition) is 2. The summed E-state index contributed by atoms with van der Waals surface area (Å²) in [6, 6.07) is 8.14. The minimum absolute atomic E-state index is 0.00857. The molecule has 0 spiro atoms. The Morgan fingerprint density at radius 3 is 2.50 bits per heavy atom. The predicted octanol–water partition coefficient (Wildman–Crippen LogP) is 3.08. The van der Waals surface area contributed by atoms with Crippen molar-refractivity contribution in [3.63, 3.8) is 0 Å². The Morgan fingerprint density at radius 2 is 2.06 bits per heavy atom. The number of hydrogen-bond donors (Lipinski definition) is 2. The van der Waals surface area contributed by atoms with Gasteiger partial charge in [0.15, 0.2) is 0 Å². The van der Waals surface area contributed by atoms with Gasteiger partial charge in [-0.1, -0.05) is 55.1 Å². The Balaban J connectivity index is 2.97. The van der Waals surface area contributed by atoms with Crippen LogP contribution < -0.4 is 5.32 Å². The third-order valence-electron chi connectivity index (χ3n) is 2.87. The highest BCUT2D eigenvalue weighted by atomic mass is 16.3. The van der Waals surface area contributed by atoms with Crippen molar-refractivity contribution in [1.29, 1.82) is 0 Å². The predicted molar refractivity (Wildman–Crippen MR) is 78.3 cm³/mol. The second-order valence-electron chi connectivity index (χ2n) is 4.00. The molecule has 0 fully saturated rings. The van der Waals surface area contributed by atoms with Gasteiger partial charge >= 0.3 is 0 Å². The van der Waals surface area contributed by atoms with E-state index < -0.39 is 0 Å². The van der Waals surface area contributed by atoms with Gasteiger partial charge in [-0.05, 0) is 30.7 Å². The molecular formula is C16H21NO. The van der Waals surface area contributed by atoms with Crippen LogP contribution in [0.3, 0.4) is 0 Å². The largest absolute Gasteiger partial charge is 0.394 e. The fourth-order valence-electron chi connectivity index (χ4n) is 1.75. The summed E-state index contributed by atoms with van der Waals surface area (Å²) in [6.07, 6.45) is 7.86. The van der Waals surface area contributed by atoms with Gasteiger partial charge in [0, 0.05) is 0 Å². The lowest BCUT2D eigenvalue weighted by Gasteiger charge is -2.14. The molecule has 18 heavy (non-hydrogen) atoms. The summed E-state index contributed by atoms with van der Waals surface area (Å²) < 4.78 is 0. The minimum atomic E-state index is -0.00857. The Bertz CT molecular complexity index is 425. The van der Waals surface area contributed by atoms with Gasteiger partial charge in [-0.2, -0.15) is 0 Å². The SMILES string of the molecule is C=C/C(=C\C=C/C)c1ccc(C(CO)NC)cc1. The first-order valence-electron chi connectivity index (χ1n) is 6.10. The van der Waals surface area contributed by atoms with E-state index in [-0.39, 0.29) is 12.6 Å². The summed E-state index contributed by atoms with van der Waals surface area (Å²) in [5, 5.41) is 12.3. The van der Waals surface area contributed by atoms with E-state index in [2.05, 4.69) is 11.9 Å². The molecule has 0 saturated heterocycles. The van der Waals surface area contributed by atoms with Crippen molar-refractivity contribution >= 4 is 5.57 Å². The molecule has 0 amide bonds. The maximum atomic E-state index is 9.22. The molecule has 0 bridgehead atoms. The van der Waals surface area contributed by atoms with Crippen LogP contribution in [0.25, 0.3) is 5.57 Å². The Morgan fingerprint density at radius 1 is 1.39 bits per heavy atom. The van der Waals surface area contributed by atoms with Gasteiger partial charge in [-0.25, -0.2) is 0 Å². The fraction of sp³-hybridized carbons (Fsp3) is 0.250. The Labute approximate surface area is 109 Å². The van der Waals surface area contributed by atoms with Crippen LogP contribution in [0, 0.1) is 0 Å². The van der Waals surface area contributed by atoms with Gasteiger partial charge in [0.05, 0.1) is 12.6 Å². The molecule has 0 aromatic heterocycles. The normalized spacial score (nSPS) is 13.8. The van der Waals surface area contributed by atoms with E-state index in [0.29, 0.717) is 0 Å². The average molecular weight is 243 g/mol. The molecule has 0 heterocycles. The highest BCUT2D eigenvalue weighted by molar-refractivity contribution is 5.74. The van der Waals surface area contributed by atoms with E-state index in [1.807, 2.05) is 62.5 Å². The molecule has 0 aliphatic heterocycles. The molecule has 2 N–H and O–H groups in total. The summed E-state index contributed by atoms with van der Waals surface area (Å²) in [5.74, 6) is 0. The van der Waals surface area contributed by atoms with Crippen molar-refractivity contribution in [3.8, 4) is 0 Å². The van der Waals surface area contributed by atoms with E-state index in [4.69, 9.17) is 0 Å². The lowest BCUT2D eigenvalue weighted by Crippen LogP contribution is -2.19. The molecule has 1 aromatic rings. The van der Waals surface area contributed by atoms with Crippen molar-refractivity contribution < 1.29 is 5.11 Å². The molecule has 0 aliphatic carbocycles. The number of allylic oxidation sites excluding steroid dienone is 5. The summed E-state index contributed by atoms with van der Waals surface area (Å²) in [6.45, 7) is 5.91. The third-order valence-corrected chi connectivity index (χ3v) is 2.87. The van der Waals surface area contributed by atoms with E-state index >= 15 is 0 Å². The van der Waals surface area contributed by atoms with Crippen LogP contribution in [0.2, 0.25) is 0 Å². The first-order valence-corrected chi connectivity index (χ1v) is 6.10. The van der Waals surface area contributed by atoms with Gasteiger partial charge < -0.3 is 10.4 Å². The number of aliphatic hydroxyl groups excluding tert-OH is 1. The smallest absolute Gasteiger partial charge is 0.0626 e. The summed E-state index contributed by atoms with van der Waals surface area (Å²) in [5.41, 5.74) is 3.29. The van der Waals surface area contributed by atoms with Gasteiger partial charge in [-0.3, -0.25) is 0 Å². The Kier molecular flexibility index (Phi) is 6.12. The standard InChI is InChI=1S/C16H21NO/c1-4-6-7-13(5-2)14-8-10-15(11-9-14)16(12-18)17-3/h4-11,16-18H,2,12H2,1,3H3/b6-4-,13-7+. The van der Waals surface area contributed by atoms with Gasteiger partial charge in [0.1, 0.15) is 0 Å². The molecule has 2 nitrogen and oxygen atoms in total. The third kappa shape index (κ3) is 3.69. The topological polar surface area (TPSA) is 32.3 Å². The molecule has 96 valence electrons. The number of nitrogens with one attached hydrogen (secondary N) is 1. The first-order chi connectivity index (χ1) is 8.76. The van der Waals surface area contributed by atoms with Crippen LogP contribution in [0.5, 0.6) is 0 Å². The van der Waals surface area contributed by atoms with Crippen molar-refractivity contribution in [3.05, 3.63) is 66.3 Å². The molecule has 1 aromatic carbocycles. The fourth-order valence-corrected chi connectivity index (χ4v) is 1.75. The van der Waals surface area contributed by atoms with Crippen molar-refractivity contribution in [2.75, 3.05) is 13.7 Å². The lowest BCUT2D eigenvalue weighted by molar-refractivity contribution is 0.251. The van der Waals surface area contributed by atoms with Crippen molar-refractivity contribution in [2.24, 2.45) is 0 Å². The van der Waals surface area contributed by atoms with Crippen LogP contribution in [0.15, 0.2) is 55.1 Å². The van der Waals surface area contributed by atoms with Crippen LogP contribution in [0.4, 0.5) is 0 Å². The second-order valence-corrected chi connectivity index (χ2v) is 4.00. The van der Waals surface area contributed by atoms with Crippen LogP contribution >= 0.6 is 0 Å². The number of aliphatic hydroxyl groups is 1. The summed E-state index contributed by atoms with van der Waals surface area (Å²) in [7, 11) is 1.84. The number of benzene rings is 1. The van der Waals surface area contributed by atoms with Crippen molar-refractivity contribution in [1.82, 2.24) is 5.32 Å². The zero-order valence-corrected chi connectivity index (χ0v) is 11.1. The Hall–Kier alpha value is -1.64. The highest BCUT2D eigenvalue weighted by Gasteiger charge is 2.07. The van der Waals surface area contributed by atoms with Gasteiger partial charge in [-0.15, -0.1) is 0 Å². The van der Waals surface area contributed by atoms with E-state index in [0.717, 1.165) is 16.7 Å². The van der Waals surface area contributed by atoms with E-state index in [1.54, 1.807) is 0 Å². The molecule has 0 aliphatic rings. The molecule has 0 saturated carbocycles. The molecule has 2 heteroatoms. The second kappa shape index (κ2) is 7.64. The van der Waals surface area contributed by atoms with E-state index in [1.165, 1.54) is 0 Å². The van der Waals surface area contributed by atoms with Crippen molar-refractivity contribution in [2.45, 2.75) is 13.0 Å². The van der Waals surface area contributed by atoms with Crippen LogP contribution in [-0.2, 0) is 0 Å². The molecular weight excluding hydrogens is 222 g/mol. The quantitative estimate of drug-likeness (QED) is 0.753. The number of likely N-dealkylation sites (N-methyl/N-ethyl adjacent to an activating group) is 1. The molecule has 1 atom stereocenters. The molecule has 1 unspecified atom stereocenters. The number of rotatable bonds is 6. The zero-order valence-electron chi connectivity index (χ0n) is 11.1. The highest BCUT2D eigenvalue weighted by Crippen LogP contribution is 2.19. The monoisotopic (exact) mass is 243 g/mol. The first kappa shape index (κ1) is 14.4. The van der Waals surface area contributed by atoms with Gasteiger partial charge in [0.2, 0.25) is 0 Å².